The summed E-state index contributed by atoms with van der Waals surface area (Å²) >= 11 is 0. The van der Waals surface area contributed by atoms with Crippen LogP contribution < -0.4 is 0 Å². The number of rotatable bonds is 2. The monoisotopic (exact) mass is 238 g/mol. The lowest BCUT2D eigenvalue weighted by Crippen LogP contribution is -2.52. The normalized spacial score (nSPS) is 40.7. The summed E-state index contributed by atoms with van der Waals surface area (Å²) in [5.74, 6) is 0.775. The smallest absolute Gasteiger partial charge is 0.302 e. The van der Waals surface area contributed by atoms with Crippen molar-refractivity contribution in [3.05, 3.63) is 11.6 Å². The second-order valence-corrected chi connectivity index (χ2v) is 5.63. The number of hydrogen-bond acceptors (Lipinski definition) is 3. The van der Waals surface area contributed by atoms with Crippen LogP contribution in [0.1, 0.15) is 34.1 Å². The number of ether oxygens (including phenoxy) is 2. The Hall–Kier alpha value is -0.830. The highest BCUT2D eigenvalue weighted by atomic mass is 16.5. The molecule has 2 bridgehead atoms. The Bertz CT molecular complexity index is 347. The van der Waals surface area contributed by atoms with Crippen molar-refractivity contribution in [2.75, 3.05) is 13.2 Å². The Labute approximate surface area is 103 Å². The van der Waals surface area contributed by atoms with Crippen LogP contribution in [0.15, 0.2) is 11.6 Å². The molecule has 1 aliphatic heterocycles. The summed E-state index contributed by atoms with van der Waals surface area (Å²) in [6.07, 6.45) is 3.52. The van der Waals surface area contributed by atoms with Crippen LogP contribution in [0.2, 0.25) is 0 Å². The van der Waals surface area contributed by atoms with Gasteiger partial charge in [-0.25, -0.2) is 0 Å². The van der Waals surface area contributed by atoms with Crippen LogP contribution in [-0.4, -0.2) is 25.3 Å². The first-order chi connectivity index (χ1) is 7.96. The third kappa shape index (κ3) is 2.13. The standard InChI is InChI=1S/C14H22O3/c1-9-5-6-14(8-17-12(4)15)7-16-11(3)13(9)10(14)2/h5,10-11,13H,6-8H2,1-4H3/t10-,11+,13-,14-/m0/s1. The molecule has 2 aliphatic rings. The summed E-state index contributed by atoms with van der Waals surface area (Å²) in [4.78, 5) is 11.0. The maximum atomic E-state index is 11.0. The molecular weight excluding hydrogens is 216 g/mol. The van der Waals surface area contributed by atoms with Crippen molar-refractivity contribution >= 4 is 5.97 Å². The maximum Gasteiger partial charge on any atom is 0.302 e. The van der Waals surface area contributed by atoms with E-state index in [1.807, 2.05) is 0 Å². The van der Waals surface area contributed by atoms with Gasteiger partial charge in [0.15, 0.2) is 0 Å². The fourth-order valence-corrected chi connectivity index (χ4v) is 3.31. The average molecular weight is 238 g/mol. The summed E-state index contributed by atoms with van der Waals surface area (Å²) < 4.78 is 11.1. The van der Waals surface area contributed by atoms with Gasteiger partial charge in [0.05, 0.1) is 19.3 Å². The number of fused-ring (bicyclic) bond motifs is 2. The first kappa shape index (κ1) is 12.6. The minimum Gasteiger partial charge on any atom is -0.465 e. The Balaban J connectivity index is 2.21. The van der Waals surface area contributed by atoms with Crippen molar-refractivity contribution in [2.45, 2.75) is 40.2 Å². The van der Waals surface area contributed by atoms with E-state index in [1.165, 1.54) is 12.5 Å². The van der Waals surface area contributed by atoms with Crippen molar-refractivity contribution in [3.8, 4) is 0 Å². The number of hydrogen-bond donors (Lipinski definition) is 0. The van der Waals surface area contributed by atoms with Crippen LogP contribution in [0.4, 0.5) is 0 Å². The minimum absolute atomic E-state index is 0.0116. The lowest BCUT2D eigenvalue weighted by atomic mass is 9.60. The molecule has 0 amide bonds. The largest absolute Gasteiger partial charge is 0.465 e. The van der Waals surface area contributed by atoms with Crippen molar-refractivity contribution < 1.29 is 14.3 Å². The molecule has 0 N–H and O–H groups in total. The predicted octanol–water partition coefficient (Wildman–Crippen LogP) is 2.56. The molecule has 2 rings (SSSR count). The van der Waals surface area contributed by atoms with Crippen molar-refractivity contribution in [3.63, 3.8) is 0 Å². The van der Waals surface area contributed by atoms with E-state index in [0.29, 0.717) is 25.0 Å². The van der Waals surface area contributed by atoms with Gasteiger partial charge in [-0.15, -0.1) is 0 Å². The molecule has 0 aromatic heterocycles. The van der Waals surface area contributed by atoms with E-state index in [-0.39, 0.29) is 17.5 Å². The van der Waals surface area contributed by atoms with E-state index in [1.54, 1.807) is 0 Å². The Kier molecular flexibility index (Phi) is 3.30. The van der Waals surface area contributed by atoms with Crippen molar-refractivity contribution in [2.24, 2.45) is 17.3 Å². The van der Waals surface area contributed by atoms with Crippen LogP contribution in [0, 0.1) is 17.3 Å². The fraction of sp³-hybridized carbons (Fsp3) is 0.786. The van der Waals surface area contributed by atoms with Crippen LogP contribution in [0.25, 0.3) is 0 Å². The van der Waals surface area contributed by atoms with E-state index in [0.717, 1.165) is 6.42 Å². The third-order valence-corrected chi connectivity index (χ3v) is 4.56. The van der Waals surface area contributed by atoms with Gasteiger partial charge in [0.25, 0.3) is 0 Å². The fourth-order valence-electron chi connectivity index (χ4n) is 3.31. The van der Waals surface area contributed by atoms with Gasteiger partial charge in [-0.05, 0) is 26.2 Å². The molecule has 17 heavy (non-hydrogen) atoms. The van der Waals surface area contributed by atoms with Crippen LogP contribution in [0.3, 0.4) is 0 Å². The Morgan fingerprint density at radius 2 is 2.29 bits per heavy atom. The SMILES string of the molecule is CC(=O)OC[C@]12CC=C(C)[C@H]([C@@H](C)OC1)[C@@H]2C. The highest BCUT2D eigenvalue weighted by Gasteiger charge is 2.49. The van der Waals surface area contributed by atoms with Crippen molar-refractivity contribution in [1.29, 1.82) is 0 Å². The number of allylic oxidation sites excluding steroid dienone is 1. The molecule has 0 unspecified atom stereocenters. The Morgan fingerprint density at radius 1 is 1.59 bits per heavy atom. The molecule has 1 saturated heterocycles. The van der Waals surface area contributed by atoms with Gasteiger partial charge in [0.1, 0.15) is 0 Å². The molecule has 1 heterocycles. The summed E-state index contributed by atoms with van der Waals surface area (Å²) in [5.41, 5.74) is 1.41. The highest BCUT2D eigenvalue weighted by Crippen LogP contribution is 2.49. The van der Waals surface area contributed by atoms with Crippen LogP contribution in [-0.2, 0) is 14.3 Å². The van der Waals surface area contributed by atoms with Gasteiger partial charge in [-0.3, -0.25) is 4.79 Å². The van der Waals surface area contributed by atoms with E-state index in [4.69, 9.17) is 9.47 Å². The van der Waals surface area contributed by atoms with Gasteiger partial charge in [0.2, 0.25) is 0 Å². The van der Waals surface area contributed by atoms with Gasteiger partial charge in [-0.2, -0.15) is 0 Å². The lowest BCUT2D eigenvalue weighted by Gasteiger charge is -2.51. The summed E-state index contributed by atoms with van der Waals surface area (Å²) in [6, 6.07) is 0. The topological polar surface area (TPSA) is 35.5 Å². The molecule has 1 aliphatic carbocycles. The second-order valence-electron chi connectivity index (χ2n) is 5.63. The van der Waals surface area contributed by atoms with Gasteiger partial charge in [0, 0.05) is 18.3 Å². The molecule has 4 atom stereocenters. The molecule has 3 nitrogen and oxygen atoms in total. The first-order valence-corrected chi connectivity index (χ1v) is 6.38. The van der Waals surface area contributed by atoms with E-state index >= 15 is 0 Å². The summed E-state index contributed by atoms with van der Waals surface area (Å²) in [5, 5.41) is 0. The summed E-state index contributed by atoms with van der Waals surface area (Å²) in [7, 11) is 0. The first-order valence-electron chi connectivity index (χ1n) is 6.38. The zero-order valence-corrected chi connectivity index (χ0v) is 11.2. The minimum atomic E-state index is -0.201. The van der Waals surface area contributed by atoms with E-state index in [9.17, 15) is 4.79 Å². The molecule has 0 aromatic rings. The highest BCUT2D eigenvalue weighted by molar-refractivity contribution is 5.65. The van der Waals surface area contributed by atoms with E-state index in [2.05, 4.69) is 26.8 Å². The van der Waals surface area contributed by atoms with E-state index < -0.39 is 0 Å². The third-order valence-electron chi connectivity index (χ3n) is 4.56. The molecule has 0 aromatic carbocycles. The number of carbonyl (C=O) groups excluding carboxylic acids is 1. The molecule has 3 heteroatoms. The molecule has 0 radical (unpaired) electrons. The van der Waals surface area contributed by atoms with Crippen LogP contribution in [0.5, 0.6) is 0 Å². The second kappa shape index (κ2) is 4.45. The number of carbonyl (C=O) groups is 1. The molecule has 1 fully saturated rings. The van der Waals surface area contributed by atoms with Crippen molar-refractivity contribution in [1.82, 2.24) is 0 Å². The Morgan fingerprint density at radius 3 is 2.94 bits per heavy atom. The average Bonchev–Trinajstić information content (AvgIpc) is 2.26. The van der Waals surface area contributed by atoms with Gasteiger partial charge >= 0.3 is 5.97 Å². The molecular formula is C14H22O3. The van der Waals surface area contributed by atoms with Gasteiger partial charge in [-0.1, -0.05) is 18.6 Å². The summed E-state index contributed by atoms with van der Waals surface area (Å²) in [6.45, 7) is 9.24. The zero-order valence-electron chi connectivity index (χ0n) is 11.2. The molecule has 0 saturated carbocycles. The zero-order chi connectivity index (χ0) is 12.6. The lowest BCUT2D eigenvalue weighted by molar-refractivity contribution is -0.165. The number of esters is 1. The van der Waals surface area contributed by atoms with Crippen LogP contribution >= 0.6 is 0 Å². The quantitative estimate of drug-likeness (QED) is 0.548. The molecule has 0 spiro atoms. The van der Waals surface area contributed by atoms with Gasteiger partial charge < -0.3 is 9.47 Å². The molecule has 96 valence electrons. The predicted molar refractivity (Wildman–Crippen MR) is 65.5 cm³/mol. The maximum absolute atomic E-state index is 11.0.